The Morgan fingerprint density at radius 2 is 2.18 bits per heavy atom. The van der Waals surface area contributed by atoms with Crippen LogP contribution in [0.15, 0.2) is 34.7 Å². The maximum atomic E-state index is 13.0. The lowest BCUT2D eigenvalue weighted by atomic mass is 10.1. The molecular weight excluding hydrogens is 382 g/mol. The predicted molar refractivity (Wildman–Crippen MR) is 106 cm³/mol. The molecule has 0 bridgehead atoms. The first-order valence-electron chi connectivity index (χ1n) is 8.68. The van der Waals surface area contributed by atoms with Gasteiger partial charge in [0.05, 0.1) is 17.5 Å². The van der Waals surface area contributed by atoms with Gasteiger partial charge in [0.2, 0.25) is 5.43 Å². The number of carbonyl (C=O) groups is 1. The monoisotopic (exact) mass is 401 g/mol. The fourth-order valence-electron chi connectivity index (χ4n) is 3.66. The van der Waals surface area contributed by atoms with Crippen molar-refractivity contribution < 1.29 is 14.6 Å². The number of nitrogens with one attached hydrogen (secondary N) is 1. The largest absolute Gasteiger partial charge is 0.477 e. The van der Waals surface area contributed by atoms with Crippen LogP contribution in [0.2, 0.25) is 0 Å². The third-order valence-electron chi connectivity index (χ3n) is 4.97. The molecule has 9 nitrogen and oxygen atoms in total. The smallest absolute Gasteiger partial charge is 0.343 e. The molecule has 0 saturated carbocycles. The van der Waals surface area contributed by atoms with Gasteiger partial charge in [0.15, 0.2) is 10.8 Å². The van der Waals surface area contributed by atoms with Gasteiger partial charge in [-0.25, -0.2) is 14.8 Å². The highest BCUT2D eigenvalue weighted by Gasteiger charge is 2.37. The van der Waals surface area contributed by atoms with Crippen molar-refractivity contribution in [1.29, 1.82) is 0 Å². The van der Waals surface area contributed by atoms with Gasteiger partial charge in [-0.3, -0.25) is 9.36 Å². The minimum absolute atomic E-state index is 0.00841. The van der Waals surface area contributed by atoms with Crippen molar-refractivity contribution in [2.45, 2.75) is 12.1 Å². The molecular formula is C18H19N5O4S. The van der Waals surface area contributed by atoms with Crippen LogP contribution in [0.25, 0.3) is 16.2 Å². The number of thiazole rings is 1. The van der Waals surface area contributed by atoms with Crippen LogP contribution in [-0.2, 0) is 4.74 Å². The van der Waals surface area contributed by atoms with E-state index < -0.39 is 11.4 Å². The number of likely N-dealkylation sites (N-methyl/N-ethyl adjacent to an activating group) is 1. The lowest BCUT2D eigenvalue weighted by Gasteiger charge is -2.25. The van der Waals surface area contributed by atoms with Gasteiger partial charge >= 0.3 is 5.97 Å². The summed E-state index contributed by atoms with van der Waals surface area (Å²) in [6.45, 7) is 0.921. The summed E-state index contributed by atoms with van der Waals surface area (Å²) in [5, 5.41) is 15.7. The Bertz CT molecular complexity index is 1070. The molecule has 10 heteroatoms. The summed E-state index contributed by atoms with van der Waals surface area (Å²) in [5.74, 6) is -1.00. The highest BCUT2D eigenvalue weighted by Crippen LogP contribution is 2.31. The zero-order valence-corrected chi connectivity index (χ0v) is 16.1. The van der Waals surface area contributed by atoms with Gasteiger partial charge in [-0.1, -0.05) is 0 Å². The van der Waals surface area contributed by atoms with Gasteiger partial charge in [-0.2, -0.15) is 0 Å². The third kappa shape index (κ3) is 2.86. The summed E-state index contributed by atoms with van der Waals surface area (Å²) in [6.07, 6.45) is 3.06. The molecule has 2 atom stereocenters. The van der Waals surface area contributed by atoms with Crippen LogP contribution in [0.3, 0.4) is 0 Å². The number of aromatic carboxylic acids is 1. The van der Waals surface area contributed by atoms with E-state index >= 15 is 0 Å². The highest BCUT2D eigenvalue weighted by atomic mass is 32.1. The second-order valence-corrected chi connectivity index (χ2v) is 7.30. The lowest BCUT2D eigenvalue weighted by molar-refractivity contribution is 0.0695. The van der Waals surface area contributed by atoms with Gasteiger partial charge in [0, 0.05) is 38.0 Å². The molecule has 146 valence electrons. The van der Waals surface area contributed by atoms with E-state index in [1.807, 2.05) is 11.9 Å². The van der Waals surface area contributed by atoms with Crippen molar-refractivity contribution in [3.63, 3.8) is 0 Å². The number of rotatable bonds is 5. The van der Waals surface area contributed by atoms with Crippen LogP contribution >= 0.6 is 11.3 Å². The van der Waals surface area contributed by atoms with Crippen LogP contribution in [0.1, 0.15) is 10.4 Å². The van der Waals surface area contributed by atoms with E-state index in [0.717, 1.165) is 0 Å². The minimum atomic E-state index is -1.28. The molecule has 3 aromatic heterocycles. The molecule has 0 radical (unpaired) electrons. The topological polar surface area (TPSA) is 110 Å². The van der Waals surface area contributed by atoms with E-state index in [1.165, 1.54) is 11.3 Å². The number of anilines is 1. The number of ether oxygens (including phenoxy) is 1. The Hall–Kier alpha value is -2.82. The van der Waals surface area contributed by atoms with Crippen LogP contribution < -0.4 is 15.6 Å². The van der Waals surface area contributed by atoms with Crippen LogP contribution in [0.4, 0.5) is 5.82 Å². The Kier molecular flexibility index (Phi) is 4.84. The molecule has 4 rings (SSSR count). The summed E-state index contributed by atoms with van der Waals surface area (Å²) < 4.78 is 7.21. The van der Waals surface area contributed by atoms with Gasteiger partial charge in [0.25, 0.3) is 0 Å². The normalized spacial score (nSPS) is 19.4. The maximum absolute atomic E-state index is 13.0. The zero-order chi connectivity index (χ0) is 19.8. The Balaban J connectivity index is 2.06. The van der Waals surface area contributed by atoms with Crippen molar-refractivity contribution in [3.05, 3.63) is 45.7 Å². The van der Waals surface area contributed by atoms with Gasteiger partial charge in [0.1, 0.15) is 11.4 Å². The van der Waals surface area contributed by atoms with Crippen molar-refractivity contribution in [3.8, 4) is 5.13 Å². The maximum Gasteiger partial charge on any atom is 0.343 e. The van der Waals surface area contributed by atoms with E-state index in [1.54, 1.807) is 41.6 Å². The number of hydrogen-bond donors (Lipinski definition) is 2. The fraction of sp³-hybridized carbons (Fsp3) is 0.333. The average molecular weight is 401 g/mol. The van der Waals surface area contributed by atoms with E-state index in [-0.39, 0.29) is 28.9 Å². The van der Waals surface area contributed by atoms with Crippen LogP contribution in [0.5, 0.6) is 0 Å². The third-order valence-corrected chi connectivity index (χ3v) is 5.73. The van der Waals surface area contributed by atoms with E-state index in [0.29, 0.717) is 23.9 Å². The molecule has 0 aromatic carbocycles. The Morgan fingerprint density at radius 3 is 2.79 bits per heavy atom. The van der Waals surface area contributed by atoms with Crippen molar-refractivity contribution >= 4 is 34.2 Å². The van der Waals surface area contributed by atoms with E-state index in [9.17, 15) is 14.7 Å². The predicted octanol–water partition coefficient (Wildman–Crippen LogP) is 0.963. The van der Waals surface area contributed by atoms with Crippen molar-refractivity contribution in [2.75, 3.05) is 32.1 Å². The number of carboxylic acid groups (broad SMARTS) is 1. The van der Waals surface area contributed by atoms with E-state index in [4.69, 9.17) is 4.74 Å². The number of hydrogen-bond acceptors (Lipinski definition) is 8. The minimum Gasteiger partial charge on any atom is -0.477 e. The summed E-state index contributed by atoms with van der Waals surface area (Å²) in [6, 6.07) is 3.20. The SMILES string of the molecule is CN[C@H]1CN(c2c(C(=O)O)c(=O)c3cccnc3n2-c2nccs2)C[C@@H]1OC. The summed E-state index contributed by atoms with van der Waals surface area (Å²) >= 11 is 1.35. The van der Waals surface area contributed by atoms with Crippen molar-refractivity contribution in [1.82, 2.24) is 19.9 Å². The first-order valence-corrected chi connectivity index (χ1v) is 9.56. The first-order chi connectivity index (χ1) is 13.6. The number of fused-ring (bicyclic) bond motifs is 1. The molecule has 1 aliphatic heterocycles. The quantitative estimate of drug-likeness (QED) is 0.651. The number of nitrogens with zero attached hydrogens (tertiary/aromatic N) is 4. The Labute approximate surface area is 164 Å². The molecule has 1 fully saturated rings. The average Bonchev–Trinajstić information content (AvgIpc) is 3.37. The van der Waals surface area contributed by atoms with Crippen molar-refractivity contribution in [2.24, 2.45) is 0 Å². The van der Waals surface area contributed by atoms with Gasteiger partial charge < -0.3 is 20.1 Å². The van der Waals surface area contributed by atoms with Crippen LogP contribution in [0, 0.1) is 0 Å². The molecule has 0 spiro atoms. The molecule has 3 aromatic rings. The van der Waals surface area contributed by atoms with Gasteiger partial charge in [-0.15, -0.1) is 11.3 Å². The second-order valence-electron chi connectivity index (χ2n) is 6.43. The standard InChI is InChI=1S/C18H19N5O4S/c1-19-11-8-22(9-12(11)27-2)16-13(17(25)26)14(24)10-4-3-5-20-15(10)23(16)18-21-6-7-28-18/h3-7,11-12,19H,8-9H2,1-2H3,(H,25,26)/t11-,12-/m0/s1. The number of methoxy groups -OCH3 is 1. The molecule has 2 N–H and O–H groups in total. The highest BCUT2D eigenvalue weighted by molar-refractivity contribution is 7.12. The molecule has 0 amide bonds. The molecule has 1 saturated heterocycles. The zero-order valence-electron chi connectivity index (χ0n) is 15.3. The molecule has 1 aliphatic rings. The van der Waals surface area contributed by atoms with E-state index in [2.05, 4.69) is 15.3 Å². The van der Waals surface area contributed by atoms with Crippen LogP contribution in [-0.4, -0.2) is 65.0 Å². The number of carboxylic acids is 1. The second kappa shape index (κ2) is 7.30. The lowest BCUT2D eigenvalue weighted by Crippen LogP contribution is -2.37. The number of aromatic nitrogens is 3. The summed E-state index contributed by atoms with van der Waals surface area (Å²) in [4.78, 5) is 35.8. The molecule has 4 heterocycles. The molecule has 0 unspecified atom stereocenters. The number of pyridine rings is 2. The molecule has 0 aliphatic carbocycles. The summed E-state index contributed by atoms with van der Waals surface area (Å²) in [7, 11) is 3.45. The van der Waals surface area contributed by atoms with Gasteiger partial charge in [-0.05, 0) is 19.2 Å². The first kappa shape index (κ1) is 18.5. The molecule has 28 heavy (non-hydrogen) atoms. The Morgan fingerprint density at radius 1 is 1.36 bits per heavy atom. The summed E-state index contributed by atoms with van der Waals surface area (Å²) in [5.41, 5.74) is -0.466. The fourth-order valence-corrected chi connectivity index (χ4v) is 4.31.